The van der Waals surface area contributed by atoms with Gasteiger partial charge in [-0.1, -0.05) is 29.8 Å². The van der Waals surface area contributed by atoms with Crippen molar-refractivity contribution in [1.82, 2.24) is 5.32 Å². The van der Waals surface area contributed by atoms with E-state index < -0.39 is 0 Å². The molecule has 0 radical (unpaired) electrons. The third-order valence-corrected chi connectivity index (χ3v) is 5.18. The van der Waals surface area contributed by atoms with E-state index >= 15 is 0 Å². The van der Waals surface area contributed by atoms with Gasteiger partial charge in [-0.05, 0) is 68.4 Å². The second-order valence-corrected chi connectivity index (χ2v) is 7.54. The number of carbonyl (C=O) groups is 2. The lowest BCUT2D eigenvalue weighted by molar-refractivity contribution is -0.117. The Morgan fingerprint density at radius 2 is 1.58 bits per heavy atom. The van der Waals surface area contributed by atoms with Gasteiger partial charge in [-0.2, -0.15) is 0 Å². The summed E-state index contributed by atoms with van der Waals surface area (Å²) in [7, 11) is 0. The summed E-state index contributed by atoms with van der Waals surface area (Å²) >= 11 is 0. The third-order valence-electron chi connectivity index (χ3n) is 5.18. The van der Waals surface area contributed by atoms with Crippen LogP contribution in [0.1, 0.15) is 53.2 Å². The topological polar surface area (TPSA) is 58.2 Å². The van der Waals surface area contributed by atoms with Crippen molar-refractivity contribution >= 4 is 17.5 Å². The predicted molar refractivity (Wildman–Crippen MR) is 102 cm³/mol. The Morgan fingerprint density at radius 1 is 0.923 bits per heavy atom. The number of aryl methyl sites for hydroxylation is 1. The molecular formula is C22H24N2O2. The maximum absolute atomic E-state index is 12.7. The first-order valence-corrected chi connectivity index (χ1v) is 9.38. The van der Waals surface area contributed by atoms with Crippen LogP contribution in [-0.2, 0) is 4.79 Å². The molecule has 2 amide bonds. The summed E-state index contributed by atoms with van der Waals surface area (Å²) in [6.07, 6.45) is 4.28. The van der Waals surface area contributed by atoms with Crippen LogP contribution in [0.2, 0.25) is 0 Å². The Bertz CT molecular complexity index is 803. The quantitative estimate of drug-likeness (QED) is 0.821. The predicted octanol–water partition coefficient (Wildman–Crippen LogP) is 4.22. The normalized spacial score (nSPS) is 17.4. The number of rotatable bonds is 6. The van der Waals surface area contributed by atoms with Gasteiger partial charge in [-0.15, -0.1) is 0 Å². The SMILES string of the molecule is Cc1ccc(C(NC(=O)c2ccc(NC(=O)C3CC3)cc2)C2CC2)cc1. The highest BCUT2D eigenvalue weighted by Crippen LogP contribution is 2.41. The van der Waals surface area contributed by atoms with E-state index in [9.17, 15) is 9.59 Å². The molecule has 1 atom stereocenters. The van der Waals surface area contributed by atoms with Crippen molar-refractivity contribution in [1.29, 1.82) is 0 Å². The summed E-state index contributed by atoms with van der Waals surface area (Å²) in [6, 6.07) is 15.6. The molecule has 2 aromatic rings. The van der Waals surface area contributed by atoms with Gasteiger partial charge in [0.05, 0.1) is 6.04 Å². The van der Waals surface area contributed by atoms with Crippen LogP contribution >= 0.6 is 0 Å². The highest BCUT2D eigenvalue weighted by atomic mass is 16.2. The van der Waals surface area contributed by atoms with Gasteiger partial charge in [0.1, 0.15) is 0 Å². The van der Waals surface area contributed by atoms with Crippen molar-refractivity contribution in [2.75, 3.05) is 5.32 Å². The highest BCUT2D eigenvalue weighted by molar-refractivity contribution is 5.97. The van der Waals surface area contributed by atoms with Gasteiger partial charge >= 0.3 is 0 Å². The second-order valence-electron chi connectivity index (χ2n) is 7.54. The molecule has 0 spiro atoms. The number of anilines is 1. The van der Waals surface area contributed by atoms with E-state index in [4.69, 9.17) is 0 Å². The van der Waals surface area contributed by atoms with Gasteiger partial charge in [0, 0.05) is 17.2 Å². The number of benzene rings is 2. The Morgan fingerprint density at radius 3 is 2.15 bits per heavy atom. The minimum absolute atomic E-state index is 0.0670. The summed E-state index contributed by atoms with van der Waals surface area (Å²) in [5.41, 5.74) is 3.75. The van der Waals surface area contributed by atoms with Crippen LogP contribution in [0.3, 0.4) is 0 Å². The summed E-state index contributed by atoms with van der Waals surface area (Å²) in [5, 5.41) is 6.09. The molecule has 4 heteroatoms. The van der Waals surface area contributed by atoms with Crippen molar-refractivity contribution in [3.8, 4) is 0 Å². The lowest BCUT2D eigenvalue weighted by Gasteiger charge is -2.19. The minimum atomic E-state index is -0.0671. The molecule has 4 rings (SSSR count). The van der Waals surface area contributed by atoms with E-state index in [1.807, 2.05) is 0 Å². The number of nitrogens with one attached hydrogen (secondary N) is 2. The molecule has 134 valence electrons. The van der Waals surface area contributed by atoms with Gasteiger partial charge in [0.2, 0.25) is 5.91 Å². The molecule has 26 heavy (non-hydrogen) atoms. The minimum Gasteiger partial charge on any atom is -0.345 e. The Balaban J connectivity index is 1.42. The molecule has 2 fully saturated rings. The summed E-state index contributed by atoms with van der Waals surface area (Å²) in [4.78, 5) is 24.5. The van der Waals surface area contributed by atoms with Crippen LogP contribution in [0.25, 0.3) is 0 Å². The van der Waals surface area contributed by atoms with Crippen molar-refractivity contribution in [3.63, 3.8) is 0 Å². The summed E-state index contributed by atoms with van der Waals surface area (Å²) < 4.78 is 0. The van der Waals surface area contributed by atoms with E-state index in [1.54, 1.807) is 24.3 Å². The van der Waals surface area contributed by atoms with Gasteiger partial charge < -0.3 is 10.6 Å². The standard InChI is InChI=1S/C22H24N2O2/c1-14-2-4-15(5-3-14)20(16-6-7-16)24-22(26)18-10-12-19(13-11-18)23-21(25)17-8-9-17/h2-5,10-13,16-17,20H,6-9H2,1H3,(H,23,25)(H,24,26). The molecule has 0 heterocycles. The first-order chi connectivity index (χ1) is 12.6. The average molecular weight is 348 g/mol. The molecule has 0 bridgehead atoms. The highest BCUT2D eigenvalue weighted by Gasteiger charge is 2.33. The first kappa shape index (κ1) is 16.8. The van der Waals surface area contributed by atoms with Crippen LogP contribution in [0, 0.1) is 18.8 Å². The lowest BCUT2D eigenvalue weighted by atomic mass is 10.0. The van der Waals surface area contributed by atoms with E-state index in [0.717, 1.165) is 31.4 Å². The zero-order chi connectivity index (χ0) is 18.1. The first-order valence-electron chi connectivity index (χ1n) is 9.38. The van der Waals surface area contributed by atoms with Crippen LogP contribution < -0.4 is 10.6 Å². The average Bonchev–Trinajstić information content (AvgIpc) is 3.54. The molecule has 0 aliphatic heterocycles. The smallest absolute Gasteiger partial charge is 0.251 e. The fraction of sp³-hybridized carbons (Fsp3) is 0.364. The summed E-state index contributed by atoms with van der Waals surface area (Å²) in [6.45, 7) is 2.07. The number of carbonyl (C=O) groups excluding carboxylic acids is 2. The molecule has 2 aliphatic carbocycles. The maximum Gasteiger partial charge on any atom is 0.251 e. The van der Waals surface area contributed by atoms with E-state index in [1.165, 1.54) is 11.1 Å². The lowest BCUT2D eigenvalue weighted by Crippen LogP contribution is -2.29. The van der Waals surface area contributed by atoms with Crippen LogP contribution in [0.4, 0.5) is 5.69 Å². The van der Waals surface area contributed by atoms with E-state index in [0.29, 0.717) is 11.5 Å². The Labute approximate surface area is 154 Å². The van der Waals surface area contributed by atoms with Crippen molar-refractivity contribution in [2.24, 2.45) is 11.8 Å². The van der Waals surface area contributed by atoms with E-state index in [2.05, 4.69) is 41.8 Å². The molecular weight excluding hydrogens is 324 g/mol. The van der Waals surface area contributed by atoms with Gasteiger partial charge in [-0.3, -0.25) is 9.59 Å². The molecule has 2 saturated carbocycles. The fourth-order valence-electron chi connectivity index (χ4n) is 3.20. The van der Waals surface area contributed by atoms with Gasteiger partial charge in [0.15, 0.2) is 0 Å². The van der Waals surface area contributed by atoms with Crippen molar-refractivity contribution in [3.05, 3.63) is 65.2 Å². The van der Waals surface area contributed by atoms with Crippen LogP contribution in [0.5, 0.6) is 0 Å². The Kier molecular flexibility index (Phi) is 4.49. The number of amides is 2. The largest absolute Gasteiger partial charge is 0.345 e. The van der Waals surface area contributed by atoms with E-state index in [-0.39, 0.29) is 23.8 Å². The third kappa shape index (κ3) is 3.96. The molecule has 1 unspecified atom stereocenters. The van der Waals surface area contributed by atoms with Crippen LogP contribution in [-0.4, -0.2) is 11.8 Å². The second kappa shape index (κ2) is 6.94. The summed E-state index contributed by atoms with van der Waals surface area (Å²) in [5.74, 6) is 0.712. The zero-order valence-corrected chi connectivity index (χ0v) is 15.0. The molecule has 4 nitrogen and oxygen atoms in total. The fourth-order valence-corrected chi connectivity index (χ4v) is 3.20. The Hall–Kier alpha value is -2.62. The molecule has 2 N–H and O–H groups in total. The number of hydrogen-bond acceptors (Lipinski definition) is 2. The molecule has 0 aromatic heterocycles. The molecule has 2 aliphatic rings. The molecule has 2 aromatic carbocycles. The van der Waals surface area contributed by atoms with Gasteiger partial charge in [-0.25, -0.2) is 0 Å². The maximum atomic E-state index is 12.7. The zero-order valence-electron chi connectivity index (χ0n) is 15.0. The van der Waals surface area contributed by atoms with Crippen molar-refractivity contribution in [2.45, 2.75) is 38.6 Å². The van der Waals surface area contributed by atoms with Crippen LogP contribution in [0.15, 0.2) is 48.5 Å². The monoisotopic (exact) mass is 348 g/mol. The van der Waals surface area contributed by atoms with Gasteiger partial charge in [0.25, 0.3) is 5.91 Å². The number of hydrogen-bond donors (Lipinski definition) is 2. The molecule has 0 saturated heterocycles. The van der Waals surface area contributed by atoms with Crippen molar-refractivity contribution < 1.29 is 9.59 Å².